The van der Waals surface area contributed by atoms with Crippen LogP contribution in [0.5, 0.6) is 0 Å². The van der Waals surface area contributed by atoms with Gasteiger partial charge in [-0.2, -0.15) is 4.98 Å². The van der Waals surface area contributed by atoms with Crippen molar-refractivity contribution >= 4 is 5.91 Å². The molecule has 1 aromatic heterocycles. The third-order valence-electron chi connectivity index (χ3n) is 5.35. The predicted octanol–water partition coefficient (Wildman–Crippen LogP) is 3.70. The Labute approximate surface area is 168 Å². The van der Waals surface area contributed by atoms with E-state index in [0.29, 0.717) is 43.5 Å². The van der Waals surface area contributed by atoms with E-state index in [2.05, 4.69) is 15.0 Å². The first-order chi connectivity index (χ1) is 14.0. The summed E-state index contributed by atoms with van der Waals surface area (Å²) in [6, 6.07) is 13.6. The molecule has 2 aromatic carbocycles. The van der Waals surface area contributed by atoms with Crippen molar-refractivity contribution in [3.63, 3.8) is 0 Å². The summed E-state index contributed by atoms with van der Waals surface area (Å²) in [5.74, 6) is 0.734. The Hall–Kier alpha value is -3.06. The minimum atomic E-state index is -0.343. The van der Waals surface area contributed by atoms with Crippen LogP contribution in [0.3, 0.4) is 0 Å². The van der Waals surface area contributed by atoms with Gasteiger partial charge >= 0.3 is 0 Å². The molecule has 1 saturated heterocycles. The van der Waals surface area contributed by atoms with Crippen LogP contribution in [-0.2, 0) is 0 Å². The monoisotopic (exact) mass is 394 g/mol. The van der Waals surface area contributed by atoms with Gasteiger partial charge in [0.15, 0.2) is 0 Å². The number of rotatable bonds is 4. The van der Waals surface area contributed by atoms with Crippen molar-refractivity contribution < 1.29 is 13.7 Å². The van der Waals surface area contributed by atoms with Gasteiger partial charge in [-0.25, -0.2) is 4.39 Å². The summed E-state index contributed by atoms with van der Waals surface area (Å²) in [7, 11) is 0. The van der Waals surface area contributed by atoms with Crippen molar-refractivity contribution in [1.82, 2.24) is 19.9 Å². The Bertz CT molecular complexity index is 977. The maximum absolute atomic E-state index is 13.1. The number of benzene rings is 2. The molecule has 0 aliphatic carbocycles. The van der Waals surface area contributed by atoms with Crippen LogP contribution in [0, 0.1) is 12.7 Å². The second-order valence-electron chi connectivity index (χ2n) is 7.33. The summed E-state index contributed by atoms with van der Waals surface area (Å²) in [5.41, 5.74) is 2.61. The van der Waals surface area contributed by atoms with E-state index in [1.54, 1.807) is 4.90 Å². The summed E-state index contributed by atoms with van der Waals surface area (Å²) in [5, 5.41) is 4.11. The lowest BCUT2D eigenvalue weighted by Gasteiger charge is -2.36. The van der Waals surface area contributed by atoms with Crippen molar-refractivity contribution in [2.75, 3.05) is 26.2 Å². The Kier molecular flexibility index (Phi) is 5.40. The molecule has 6 nitrogen and oxygen atoms in total. The van der Waals surface area contributed by atoms with E-state index >= 15 is 0 Å². The lowest BCUT2D eigenvalue weighted by molar-refractivity contribution is 0.0551. The molecule has 0 radical (unpaired) electrons. The third-order valence-corrected chi connectivity index (χ3v) is 5.35. The van der Waals surface area contributed by atoms with Crippen molar-refractivity contribution in [3.05, 3.63) is 71.4 Å². The zero-order valence-electron chi connectivity index (χ0n) is 16.5. The molecule has 1 aliphatic rings. The molecule has 1 atom stereocenters. The first kappa shape index (κ1) is 19.3. The fraction of sp³-hybridized carbons (Fsp3) is 0.318. The number of halogens is 1. The Balaban J connectivity index is 1.38. The molecule has 150 valence electrons. The van der Waals surface area contributed by atoms with Crippen LogP contribution in [0.4, 0.5) is 4.39 Å². The summed E-state index contributed by atoms with van der Waals surface area (Å²) in [6.45, 7) is 6.67. The molecule has 1 aliphatic heterocycles. The SMILES string of the molecule is Cc1ccc(-c2noc(C(C)N3CCN(C(=O)c4ccc(F)cc4)CC3)n2)cc1. The van der Waals surface area contributed by atoms with E-state index in [1.165, 1.54) is 29.8 Å². The highest BCUT2D eigenvalue weighted by molar-refractivity contribution is 5.94. The summed E-state index contributed by atoms with van der Waals surface area (Å²) >= 11 is 0. The van der Waals surface area contributed by atoms with Crippen LogP contribution in [0.15, 0.2) is 53.1 Å². The number of nitrogens with zero attached hydrogens (tertiary/aromatic N) is 4. The maximum atomic E-state index is 13.1. The minimum Gasteiger partial charge on any atom is -0.337 e. The van der Waals surface area contributed by atoms with E-state index in [0.717, 1.165) is 5.56 Å². The molecule has 0 N–H and O–H groups in total. The van der Waals surface area contributed by atoms with Gasteiger partial charge in [0.05, 0.1) is 6.04 Å². The van der Waals surface area contributed by atoms with E-state index in [1.807, 2.05) is 38.1 Å². The summed E-state index contributed by atoms with van der Waals surface area (Å²) in [4.78, 5) is 21.2. The maximum Gasteiger partial charge on any atom is 0.253 e. The van der Waals surface area contributed by atoms with E-state index in [4.69, 9.17) is 4.52 Å². The lowest BCUT2D eigenvalue weighted by atomic mass is 10.1. The second kappa shape index (κ2) is 8.13. The highest BCUT2D eigenvalue weighted by Gasteiger charge is 2.28. The quantitative estimate of drug-likeness (QED) is 0.675. The normalized spacial score (nSPS) is 16.0. The van der Waals surface area contributed by atoms with Gasteiger partial charge < -0.3 is 9.42 Å². The number of piperazine rings is 1. The van der Waals surface area contributed by atoms with E-state index in [9.17, 15) is 9.18 Å². The average molecular weight is 394 g/mol. The molecule has 0 saturated carbocycles. The van der Waals surface area contributed by atoms with Gasteiger partial charge in [0.2, 0.25) is 11.7 Å². The van der Waals surface area contributed by atoms with Gasteiger partial charge in [0.25, 0.3) is 5.91 Å². The number of hydrogen-bond acceptors (Lipinski definition) is 5. The van der Waals surface area contributed by atoms with E-state index < -0.39 is 0 Å². The zero-order chi connectivity index (χ0) is 20.4. The molecule has 29 heavy (non-hydrogen) atoms. The predicted molar refractivity (Wildman–Crippen MR) is 107 cm³/mol. The van der Waals surface area contributed by atoms with Gasteiger partial charge in [0.1, 0.15) is 5.82 Å². The largest absolute Gasteiger partial charge is 0.337 e. The molecule has 1 unspecified atom stereocenters. The fourth-order valence-corrected chi connectivity index (χ4v) is 3.47. The molecular formula is C22H23FN4O2. The Morgan fingerprint density at radius 2 is 1.69 bits per heavy atom. The van der Waals surface area contributed by atoms with Crippen LogP contribution < -0.4 is 0 Å². The molecule has 7 heteroatoms. The number of aryl methyl sites for hydroxylation is 1. The zero-order valence-corrected chi connectivity index (χ0v) is 16.5. The van der Waals surface area contributed by atoms with E-state index in [-0.39, 0.29) is 17.8 Å². The highest BCUT2D eigenvalue weighted by Crippen LogP contribution is 2.24. The molecule has 0 bridgehead atoms. The van der Waals surface area contributed by atoms with Gasteiger partial charge in [-0.1, -0.05) is 35.0 Å². The standard InChI is InChI=1S/C22H23FN4O2/c1-15-3-5-17(6-4-15)20-24-21(29-25-20)16(2)26-11-13-27(14-12-26)22(28)18-7-9-19(23)10-8-18/h3-10,16H,11-14H2,1-2H3. The summed E-state index contributed by atoms with van der Waals surface area (Å²) < 4.78 is 18.6. The summed E-state index contributed by atoms with van der Waals surface area (Å²) in [6.07, 6.45) is 0. The van der Waals surface area contributed by atoms with Gasteiger partial charge in [0, 0.05) is 37.3 Å². The minimum absolute atomic E-state index is 0.0372. The highest BCUT2D eigenvalue weighted by atomic mass is 19.1. The smallest absolute Gasteiger partial charge is 0.253 e. The van der Waals surface area contributed by atoms with Crippen molar-refractivity contribution in [2.24, 2.45) is 0 Å². The van der Waals surface area contributed by atoms with Crippen molar-refractivity contribution in [2.45, 2.75) is 19.9 Å². The number of carbonyl (C=O) groups is 1. The van der Waals surface area contributed by atoms with Crippen LogP contribution in [0.2, 0.25) is 0 Å². The number of aromatic nitrogens is 2. The van der Waals surface area contributed by atoms with Gasteiger partial charge in [-0.3, -0.25) is 9.69 Å². The fourth-order valence-electron chi connectivity index (χ4n) is 3.47. The molecule has 1 amide bonds. The molecule has 0 spiro atoms. The lowest BCUT2D eigenvalue weighted by Crippen LogP contribution is -2.49. The van der Waals surface area contributed by atoms with Crippen LogP contribution >= 0.6 is 0 Å². The van der Waals surface area contributed by atoms with Crippen molar-refractivity contribution in [3.8, 4) is 11.4 Å². The first-order valence-corrected chi connectivity index (χ1v) is 9.71. The molecular weight excluding hydrogens is 371 g/mol. The Morgan fingerprint density at radius 1 is 1.03 bits per heavy atom. The molecule has 2 heterocycles. The van der Waals surface area contributed by atoms with Gasteiger partial charge in [-0.05, 0) is 38.1 Å². The van der Waals surface area contributed by atoms with Crippen molar-refractivity contribution in [1.29, 1.82) is 0 Å². The van der Waals surface area contributed by atoms with Crippen LogP contribution in [0.1, 0.15) is 34.8 Å². The van der Waals surface area contributed by atoms with Crippen LogP contribution in [-0.4, -0.2) is 52.0 Å². The Morgan fingerprint density at radius 3 is 2.34 bits per heavy atom. The molecule has 4 rings (SSSR count). The first-order valence-electron chi connectivity index (χ1n) is 9.71. The topological polar surface area (TPSA) is 62.5 Å². The third kappa shape index (κ3) is 4.19. The molecule has 3 aromatic rings. The molecule has 1 fully saturated rings. The number of amides is 1. The second-order valence-corrected chi connectivity index (χ2v) is 7.33. The van der Waals surface area contributed by atoms with Gasteiger partial charge in [-0.15, -0.1) is 0 Å². The average Bonchev–Trinajstić information content (AvgIpc) is 3.24. The number of hydrogen-bond donors (Lipinski definition) is 0. The van der Waals surface area contributed by atoms with Crippen LogP contribution in [0.25, 0.3) is 11.4 Å². The number of carbonyl (C=O) groups excluding carboxylic acids is 1.